The molecule has 9 rings (SSSR count). The summed E-state index contributed by atoms with van der Waals surface area (Å²) in [5.41, 5.74) is 11.4. The average Bonchev–Trinajstić information content (AvgIpc) is 3.71. The van der Waals surface area contributed by atoms with Crippen molar-refractivity contribution < 1.29 is 0 Å². The van der Waals surface area contributed by atoms with E-state index < -0.39 is 0 Å². The van der Waals surface area contributed by atoms with Crippen LogP contribution in [0.3, 0.4) is 0 Å². The molecular formula is C38H23N5. The van der Waals surface area contributed by atoms with E-state index in [1.807, 2.05) is 18.2 Å². The molecule has 0 saturated heterocycles. The summed E-state index contributed by atoms with van der Waals surface area (Å²) in [6.45, 7) is 0. The van der Waals surface area contributed by atoms with E-state index in [2.05, 4.69) is 141 Å². The molecule has 200 valence electrons. The minimum absolute atomic E-state index is 0.657. The Morgan fingerprint density at radius 2 is 1.07 bits per heavy atom. The fourth-order valence-electron chi connectivity index (χ4n) is 6.68. The van der Waals surface area contributed by atoms with Crippen molar-refractivity contribution in [2.24, 2.45) is 0 Å². The van der Waals surface area contributed by atoms with E-state index in [1.54, 1.807) is 0 Å². The van der Waals surface area contributed by atoms with Gasteiger partial charge in [0.05, 0.1) is 56.1 Å². The lowest BCUT2D eigenvalue weighted by atomic mass is 10.0. The number of benzene rings is 6. The van der Waals surface area contributed by atoms with Gasteiger partial charge < -0.3 is 4.57 Å². The Hall–Kier alpha value is -6.12. The molecule has 0 saturated carbocycles. The minimum Gasteiger partial charge on any atom is -0.309 e. The Morgan fingerprint density at radius 3 is 1.84 bits per heavy atom. The van der Waals surface area contributed by atoms with Crippen LogP contribution in [0.5, 0.6) is 0 Å². The van der Waals surface area contributed by atoms with Gasteiger partial charge in [0, 0.05) is 21.9 Å². The molecule has 5 nitrogen and oxygen atoms in total. The number of hydrogen-bond acceptors (Lipinski definition) is 2. The molecule has 0 fully saturated rings. The summed E-state index contributed by atoms with van der Waals surface area (Å²) in [5.74, 6) is 0.883. The predicted molar refractivity (Wildman–Crippen MR) is 174 cm³/mol. The average molecular weight is 550 g/mol. The van der Waals surface area contributed by atoms with Crippen LogP contribution in [0.4, 0.5) is 0 Å². The van der Waals surface area contributed by atoms with Crippen molar-refractivity contribution in [3.63, 3.8) is 0 Å². The molecule has 6 aromatic carbocycles. The Kier molecular flexibility index (Phi) is 4.90. The van der Waals surface area contributed by atoms with Gasteiger partial charge in [-0.05, 0) is 60.7 Å². The Labute approximate surface area is 246 Å². The number of imidazole rings is 2. The van der Waals surface area contributed by atoms with Crippen molar-refractivity contribution in [3.8, 4) is 28.6 Å². The first-order valence-corrected chi connectivity index (χ1v) is 14.3. The van der Waals surface area contributed by atoms with Crippen molar-refractivity contribution in [3.05, 3.63) is 145 Å². The quantitative estimate of drug-likeness (QED) is 0.221. The lowest BCUT2D eigenvalue weighted by Gasteiger charge is -2.17. The van der Waals surface area contributed by atoms with Crippen molar-refractivity contribution >= 4 is 49.7 Å². The molecule has 0 radical (unpaired) electrons. The van der Waals surface area contributed by atoms with E-state index >= 15 is 0 Å². The maximum Gasteiger partial charge on any atom is 0.220 e. The third-order valence-electron chi connectivity index (χ3n) is 8.49. The third-order valence-corrected chi connectivity index (χ3v) is 8.49. The summed E-state index contributed by atoms with van der Waals surface area (Å²) in [5, 5.41) is 11.8. The second kappa shape index (κ2) is 8.94. The SMILES string of the molecule is N#Cc1ccc2c(c1)c1ccccc1n2-c1ccccc1-c1ccccc1-n1c2ccccc2n2c3ccccc3nc12. The molecule has 3 heterocycles. The van der Waals surface area contributed by atoms with Gasteiger partial charge in [0.1, 0.15) is 0 Å². The van der Waals surface area contributed by atoms with Gasteiger partial charge in [0.25, 0.3) is 0 Å². The maximum atomic E-state index is 9.64. The number of para-hydroxylation sites is 7. The van der Waals surface area contributed by atoms with Gasteiger partial charge in [-0.25, -0.2) is 4.98 Å². The lowest BCUT2D eigenvalue weighted by Crippen LogP contribution is -2.01. The highest BCUT2D eigenvalue weighted by Crippen LogP contribution is 2.39. The van der Waals surface area contributed by atoms with Crippen LogP contribution in [0, 0.1) is 11.3 Å². The largest absolute Gasteiger partial charge is 0.309 e. The number of fused-ring (bicyclic) bond motifs is 8. The third kappa shape index (κ3) is 3.29. The van der Waals surface area contributed by atoms with E-state index in [4.69, 9.17) is 4.98 Å². The van der Waals surface area contributed by atoms with Crippen LogP contribution in [-0.4, -0.2) is 18.5 Å². The summed E-state index contributed by atoms with van der Waals surface area (Å²) in [4.78, 5) is 5.13. The van der Waals surface area contributed by atoms with Gasteiger partial charge >= 0.3 is 0 Å². The van der Waals surface area contributed by atoms with Crippen LogP contribution in [0.2, 0.25) is 0 Å². The van der Waals surface area contributed by atoms with E-state index in [-0.39, 0.29) is 0 Å². The Morgan fingerprint density at radius 1 is 0.488 bits per heavy atom. The Bertz CT molecular complexity index is 2590. The maximum absolute atomic E-state index is 9.64. The number of nitrogens with zero attached hydrogens (tertiary/aromatic N) is 5. The standard InChI is InChI=1S/C38H23N5/c39-24-25-21-22-34-29(23-25)28-13-3-6-16-32(28)41(34)31-15-5-1-11-26(31)27-12-2-7-17-33(27)42-36-19-9-10-20-37(36)43-35-18-8-4-14-30(35)40-38(42)43/h1-23H. The van der Waals surface area contributed by atoms with Crippen LogP contribution in [0.15, 0.2) is 140 Å². The van der Waals surface area contributed by atoms with Crippen molar-refractivity contribution in [2.75, 3.05) is 0 Å². The molecule has 0 amide bonds. The topological polar surface area (TPSA) is 51.0 Å². The fourth-order valence-corrected chi connectivity index (χ4v) is 6.68. The van der Waals surface area contributed by atoms with Crippen LogP contribution in [0.25, 0.3) is 72.2 Å². The molecule has 0 atom stereocenters. The highest BCUT2D eigenvalue weighted by molar-refractivity contribution is 6.10. The first-order chi connectivity index (χ1) is 21.3. The number of rotatable bonds is 3. The molecule has 0 unspecified atom stereocenters. The summed E-state index contributed by atoms with van der Waals surface area (Å²) in [6, 6.07) is 50.7. The van der Waals surface area contributed by atoms with Gasteiger partial charge in [-0.2, -0.15) is 5.26 Å². The molecule has 0 aliphatic carbocycles. The molecule has 0 N–H and O–H groups in total. The first kappa shape index (κ1) is 23.6. The Balaban J connectivity index is 1.37. The summed E-state index contributed by atoms with van der Waals surface area (Å²) in [6.07, 6.45) is 0. The summed E-state index contributed by atoms with van der Waals surface area (Å²) in [7, 11) is 0. The van der Waals surface area contributed by atoms with E-state index in [9.17, 15) is 5.26 Å². The summed E-state index contributed by atoms with van der Waals surface area (Å²) >= 11 is 0. The highest BCUT2D eigenvalue weighted by Gasteiger charge is 2.21. The van der Waals surface area contributed by atoms with Crippen molar-refractivity contribution in [2.45, 2.75) is 0 Å². The number of nitriles is 1. The molecule has 9 aromatic rings. The number of aromatic nitrogens is 4. The van der Waals surface area contributed by atoms with Gasteiger partial charge in [0.2, 0.25) is 5.78 Å². The van der Waals surface area contributed by atoms with E-state index in [0.717, 1.165) is 72.2 Å². The molecule has 5 heteroatoms. The molecule has 43 heavy (non-hydrogen) atoms. The normalized spacial score (nSPS) is 11.7. The fraction of sp³-hybridized carbons (Fsp3) is 0. The molecule has 0 aliphatic rings. The van der Waals surface area contributed by atoms with E-state index in [1.165, 1.54) is 0 Å². The highest BCUT2D eigenvalue weighted by atomic mass is 15.2. The van der Waals surface area contributed by atoms with Crippen molar-refractivity contribution in [1.29, 1.82) is 5.26 Å². The zero-order valence-corrected chi connectivity index (χ0v) is 23.0. The zero-order chi connectivity index (χ0) is 28.5. The van der Waals surface area contributed by atoms with Crippen LogP contribution in [0.1, 0.15) is 5.56 Å². The zero-order valence-electron chi connectivity index (χ0n) is 23.0. The molecular weight excluding hydrogens is 526 g/mol. The monoisotopic (exact) mass is 549 g/mol. The van der Waals surface area contributed by atoms with Gasteiger partial charge in [-0.15, -0.1) is 0 Å². The van der Waals surface area contributed by atoms with Crippen molar-refractivity contribution in [1.82, 2.24) is 18.5 Å². The second-order valence-corrected chi connectivity index (χ2v) is 10.8. The molecule has 0 aliphatic heterocycles. The smallest absolute Gasteiger partial charge is 0.220 e. The molecule has 3 aromatic heterocycles. The van der Waals surface area contributed by atoms with E-state index in [0.29, 0.717) is 5.56 Å². The first-order valence-electron chi connectivity index (χ1n) is 14.3. The lowest BCUT2D eigenvalue weighted by molar-refractivity contribution is 1.11. The van der Waals surface area contributed by atoms with Gasteiger partial charge in [-0.1, -0.05) is 78.9 Å². The van der Waals surface area contributed by atoms with Crippen LogP contribution < -0.4 is 0 Å². The minimum atomic E-state index is 0.657. The van der Waals surface area contributed by atoms with Gasteiger partial charge in [-0.3, -0.25) is 8.97 Å². The molecule has 0 spiro atoms. The van der Waals surface area contributed by atoms with Gasteiger partial charge in [0.15, 0.2) is 0 Å². The van der Waals surface area contributed by atoms with Crippen LogP contribution in [-0.2, 0) is 0 Å². The van der Waals surface area contributed by atoms with Crippen LogP contribution >= 0.6 is 0 Å². The predicted octanol–water partition coefficient (Wildman–Crippen LogP) is 9.07. The second-order valence-electron chi connectivity index (χ2n) is 10.8. The summed E-state index contributed by atoms with van der Waals surface area (Å²) < 4.78 is 6.87. The molecule has 0 bridgehead atoms. The number of hydrogen-bond donors (Lipinski definition) is 0.